The van der Waals surface area contributed by atoms with Crippen molar-refractivity contribution in [3.8, 4) is 16.9 Å². The smallest absolute Gasteiger partial charge is 0.202 e. The zero-order valence-electron chi connectivity index (χ0n) is 22.6. The van der Waals surface area contributed by atoms with Crippen molar-refractivity contribution in [3.63, 3.8) is 0 Å². The summed E-state index contributed by atoms with van der Waals surface area (Å²) in [5, 5.41) is 45.1. The molecule has 4 unspecified atom stereocenters. The van der Waals surface area contributed by atoms with Crippen molar-refractivity contribution in [2.45, 2.75) is 59.0 Å². The van der Waals surface area contributed by atoms with Crippen LogP contribution in [-0.4, -0.2) is 43.4 Å². The largest absolute Gasteiger partial charge is 0.508 e. The quantitative estimate of drug-likeness (QED) is 0.399. The number of phenols is 1. The third-order valence-corrected chi connectivity index (χ3v) is 8.73. The molecule has 0 aliphatic heterocycles. The summed E-state index contributed by atoms with van der Waals surface area (Å²) in [6.45, 7) is 6.79. The number of fused-ring (bicyclic) bond motifs is 3. The zero-order chi connectivity index (χ0) is 28.4. The molecule has 0 spiro atoms. The highest BCUT2D eigenvalue weighted by atomic mass is 16.3. The maximum atomic E-state index is 14.0. The van der Waals surface area contributed by atoms with Gasteiger partial charge in [-0.15, -0.1) is 0 Å². The minimum absolute atomic E-state index is 0.0975. The molecule has 3 aliphatic rings. The molecule has 0 amide bonds. The summed E-state index contributed by atoms with van der Waals surface area (Å²) < 4.78 is 0. The van der Waals surface area contributed by atoms with Crippen LogP contribution >= 0.6 is 0 Å². The molecule has 2 aromatic carbocycles. The first-order valence-corrected chi connectivity index (χ1v) is 13.6. The van der Waals surface area contributed by atoms with Gasteiger partial charge in [-0.2, -0.15) is 0 Å². The number of Topliss-reactive ketones (excluding diaryl/α,β-unsaturated/α-hetero) is 3. The summed E-state index contributed by atoms with van der Waals surface area (Å²) in [7, 11) is 0. The number of aliphatic hydroxyl groups excluding tert-OH is 2. The summed E-state index contributed by atoms with van der Waals surface area (Å²) in [5.41, 5.74) is 0.525. The SMILES string of the molecule is CCCc1cccc(-c2ccc(O)c3c2CC2CC4C(C(C)C)C(=O)C(C(C)=O)=C(O)C4(O)C(=O)C2=C3O)c1. The van der Waals surface area contributed by atoms with E-state index >= 15 is 0 Å². The number of hydrogen-bond donors (Lipinski definition) is 4. The first-order chi connectivity index (χ1) is 18.4. The summed E-state index contributed by atoms with van der Waals surface area (Å²) >= 11 is 0. The van der Waals surface area contributed by atoms with Crippen LogP contribution < -0.4 is 0 Å². The highest BCUT2D eigenvalue weighted by Gasteiger charge is 2.63. The average Bonchev–Trinajstić information content (AvgIpc) is 2.86. The van der Waals surface area contributed by atoms with Gasteiger partial charge in [-0.25, -0.2) is 0 Å². The van der Waals surface area contributed by atoms with Crippen LogP contribution in [0.5, 0.6) is 5.75 Å². The second-order valence-electron chi connectivity index (χ2n) is 11.5. The molecule has 0 radical (unpaired) electrons. The Kier molecular flexibility index (Phi) is 6.54. The number of benzene rings is 2. The molecule has 3 aliphatic carbocycles. The number of ketones is 3. The highest BCUT2D eigenvalue weighted by Crippen LogP contribution is 2.55. The average molecular weight is 531 g/mol. The fraction of sp³-hybridized carbons (Fsp3) is 0.406. The van der Waals surface area contributed by atoms with Crippen molar-refractivity contribution in [2.24, 2.45) is 23.7 Å². The van der Waals surface area contributed by atoms with Gasteiger partial charge in [0.05, 0.1) is 5.56 Å². The van der Waals surface area contributed by atoms with Gasteiger partial charge >= 0.3 is 0 Å². The van der Waals surface area contributed by atoms with Crippen LogP contribution in [0.25, 0.3) is 16.9 Å². The minimum atomic E-state index is -2.52. The Labute approximate surface area is 227 Å². The van der Waals surface area contributed by atoms with Crippen LogP contribution in [0.3, 0.4) is 0 Å². The summed E-state index contributed by atoms with van der Waals surface area (Å²) in [6.07, 6.45) is 2.32. The maximum Gasteiger partial charge on any atom is 0.202 e. The summed E-state index contributed by atoms with van der Waals surface area (Å²) in [5.74, 6) is -6.55. The Balaban J connectivity index is 1.72. The van der Waals surface area contributed by atoms with Crippen LogP contribution in [0.15, 0.2) is 53.3 Å². The lowest BCUT2D eigenvalue weighted by Gasteiger charge is -2.50. The lowest BCUT2D eigenvalue weighted by Crippen LogP contribution is -2.61. The van der Waals surface area contributed by atoms with E-state index in [2.05, 4.69) is 19.1 Å². The van der Waals surface area contributed by atoms with Crippen molar-refractivity contribution in [3.05, 3.63) is 70.0 Å². The Morgan fingerprint density at radius 2 is 1.82 bits per heavy atom. The lowest BCUT2D eigenvalue weighted by atomic mass is 9.54. The van der Waals surface area contributed by atoms with Gasteiger partial charge in [0, 0.05) is 17.4 Å². The predicted molar refractivity (Wildman–Crippen MR) is 146 cm³/mol. The highest BCUT2D eigenvalue weighted by molar-refractivity contribution is 6.24. The topological polar surface area (TPSA) is 132 Å². The summed E-state index contributed by atoms with van der Waals surface area (Å²) in [4.78, 5) is 39.7. The molecule has 7 nitrogen and oxygen atoms in total. The van der Waals surface area contributed by atoms with Crippen LogP contribution in [0.1, 0.15) is 57.2 Å². The Hall–Kier alpha value is -3.71. The van der Waals surface area contributed by atoms with Crippen LogP contribution in [0.4, 0.5) is 0 Å². The van der Waals surface area contributed by atoms with Gasteiger partial charge in [-0.05, 0) is 66.3 Å². The minimum Gasteiger partial charge on any atom is -0.508 e. The predicted octanol–water partition coefficient (Wildman–Crippen LogP) is 5.03. The van der Waals surface area contributed by atoms with Gasteiger partial charge in [0.15, 0.2) is 17.2 Å². The number of aryl methyl sites for hydroxylation is 1. The van der Waals surface area contributed by atoms with Crippen LogP contribution in [0, 0.1) is 23.7 Å². The van der Waals surface area contributed by atoms with Crippen molar-refractivity contribution >= 4 is 23.1 Å². The molecule has 0 aromatic heterocycles. The molecule has 0 bridgehead atoms. The van der Waals surface area contributed by atoms with E-state index in [9.17, 15) is 34.8 Å². The molecule has 4 N–H and O–H groups in total. The van der Waals surface area contributed by atoms with Gasteiger partial charge in [0.1, 0.15) is 22.8 Å². The molecule has 0 heterocycles. The summed E-state index contributed by atoms with van der Waals surface area (Å²) in [6, 6.07) is 11.3. The molecule has 2 aromatic rings. The number of hydrogen-bond acceptors (Lipinski definition) is 7. The van der Waals surface area contributed by atoms with Crippen LogP contribution in [0.2, 0.25) is 0 Å². The molecular formula is C32H34O7. The fourth-order valence-corrected chi connectivity index (χ4v) is 7.04. The number of aromatic hydroxyl groups is 1. The Morgan fingerprint density at radius 3 is 2.46 bits per heavy atom. The van der Waals surface area contributed by atoms with Gasteiger partial charge in [-0.3, -0.25) is 14.4 Å². The van der Waals surface area contributed by atoms with E-state index in [1.54, 1.807) is 19.9 Å². The van der Waals surface area contributed by atoms with Gasteiger partial charge in [0.25, 0.3) is 0 Å². The van der Waals surface area contributed by atoms with Gasteiger partial charge in [-0.1, -0.05) is 57.5 Å². The van der Waals surface area contributed by atoms with E-state index < -0.39 is 57.8 Å². The molecule has 4 atom stereocenters. The van der Waals surface area contributed by atoms with E-state index in [0.29, 0.717) is 5.56 Å². The molecular weight excluding hydrogens is 496 g/mol. The fourth-order valence-electron chi connectivity index (χ4n) is 7.04. The Morgan fingerprint density at radius 1 is 1.10 bits per heavy atom. The molecule has 7 heteroatoms. The molecule has 0 saturated heterocycles. The van der Waals surface area contributed by atoms with Crippen molar-refractivity contribution in [1.29, 1.82) is 0 Å². The number of carbonyl (C=O) groups is 3. The van der Waals surface area contributed by atoms with E-state index in [1.165, 1.54) is 6.07 Å². The van der Waals surface area contributed by atoms with Crippen molar-refractivity contribution < 1.29 is 34.8 Å². The first-order valence-electron chi connectivity index (χ1n) is 13.6. The third-order valence-electron chi connectivity index (χ3n) is 8.73. The van der Waals surface area contributed by atoms with E-state index in [1.807, 2.05) is 12.1 Å². The lowest BCUT2D eigenvalue weighted by molar-refractivity contribution is -0.155. The molecule has 39 heavy (non-hydrogen) atoms. The van der Waals surface area contributed by atoms with Crippen LogP contribution in [-0.2, 0) is 27.2 Å². The monoisotopic (exact) mass is 530 g/mol. The molecule has 204 valence electrons. The van der Waals surface area contributed by atoms with E-state index in [4.69, 9.17) is 0 Å². The third kappa shape index (κ3) is 3.86. The number of allylic oxidation sites excluding steroid dienone is 1. The van der Waals surface area contributed by atoms with Crippen molar-refractivity contribution in [2.75, 3.05) is 0 Å². The second-order valence-corrected chi connectivity index (χ2v) is 11.5. The van der Waals surface area contributed by atoms with E-state index in [-0.39, 0.29) is 35.6 Å². The standard InChI is InChI=1S/C32H34O7/c1-5-7-17-8-6-9-18(12-17)20-10-11-23(34)27-21(20)13-19-14-22-24(15(2)3)28(35)25(16(4)33)30(37)32(22,39)31(38)26(19)29(27)36/h6,8-12,15,19,22,24,34,36-37,39H,5,7,13-14H2,1-4H3. The first kappa shape index (κ1) is 26.9. The number of carbonyl (C=O) groups excluding carboxylic acids is 3. The van der Waals surface area contributed by atoms with Crippen molar-refractivity contribution in [1.82, 2.24) is 0 Å². The Bertz CT molecular complexity index is 1480. The number of phenolic OH excluding ortho intramolecular Hbond substituents is 1. The van der Waals surface area contributed by atoms with Gasteiger partial charge < -0.3 is 20.4 Å². The zero-order valence-corrected chi connectivity index (χ0v) is 22.6. The molecule has 1 saturated carbocycles. The second kappa shape index (κ2) is 9.49. The number of rotatable bonds is 5. The molecule has 5 rings (SSSR count). The van der Waals surface area contributed by atoms with E-state index in [0.717, 1.165) is 36.5 Å². The normalized spacial score (nSPS) is 26.5. The maximum absolute atomic E-state index is 14.0. The molecule has 1 fully saturated rings. The number of aliphatic hydroxyl groups is 3. The van der Waals surface area contributed by atoms with Gasteiger partial charge in [0.2, 0.25) is 5.78 Å².